The van der Waals surface area contributed by atoms with E-state index in [-0.39, 0.29) is 36.7 Å². The van der Waals surface area contributed by atoms with Gasteiger partial charge in [-0.25, -0.2) is 0 Å². The molecule has 1 aromatic carbocycles. The first-order valence-corrected chi connectivity index (χ1v) is 10.8. The average molecular weight is 451 g/mol. The van der Waals surface area contributed by atoms with Crippen LogP contribution < -0.4 is 14.2 Å². The molecule has 0 radical (unpaired) electrons. The number of aryl methyl sites for hydroxylation is 1. The Balaban J connectivity index is 1.87. The Morgan fingerprint density at radius 2 is 1.69 bits per heavy atom. The van der Waals surface area contributed by atoms with Crippen molar-refractivity contribution in [3.8, 4) is 17.2 Å². The highest BCUT2D eigenvalue weighted by molar-refractivity contribution is 5.85. The van der Waals surface area contributed by atoms with E-state index in [2.05, 4.69) is 0 Å². The van der Waals surface area contributed by atoms with E-state index in [4.69, 9.17) is 18.9 Å². The fourth-order valence-electron chi connectivity index (χ4n) is 3.81. The van der Waals surface area contributed by atoms with E-state index < -0.39 is 0 Å². The summed E-state index contributed by atoms with van der Waals surface area (Å²) in [5.74, 6) is 0.946. The Morgan fingerprint density at radius 1 is 1.03 bits per heavy atom. The van der Waals surface area contributed by atoms with Gasteiger partial charge < -0.3 is 28.7 Å². The van der Waals surface area contributed by atoms with Crippen LogP contribution in [0, 0.1) is 5.92 Å². The lowest BCUT2D eigenvalue weighted by Crippen LogP contribution is -2.45. The summed E-state index contributed by atoms with van der Waals surface area (Å²) in [6, 6.07) is 3.61. The van der Waals surface area contributed by atoms with E-state index in [9.17, 15) is 14.4 Å². The zero-order valence-electron chi connectivity index (χ0n) is 19.6. The maximum Gasteiger partial charge on any atom is 0.309 e. The standard InChI is InChI=1S/C23H34N2O7/c1-6-32-23(28)17-11-13-25(14-12-17)20(27)15-24(2)19(26)10-8-16-7-9-18(29-3)22(31-5)21(16)30-4/h7,9,17H,6,8,10-15H2,1-5H3. The van der Waals surface area contributed by atoms with E-state index in [1.165, 1.54) is 12.0 Å². The number of ether oxygens (including phenoxy) is 4. The monoisotopic (exact) mass is 450 g/mol. The van der Waals surface area contributed by atoms with Crippen molar-refractivity contribution in [1.82, 2.24) is 9.80 Å². The molecule has 0 atom stereocenters. The lowest BCUT2D eigenvalue weighted by molar-refractivity contribution is -0.151. The predicted molar refractivity (Wildman–Crippen MR) is 118 cm³/mol. The Kier molecular flexibility index (Phi) is 9.61. The molecule has 0 saturated carbocycles. The molecular formula is C23H34N2O7. The van der Waals surface area contributed by atoms with Gasteiger partial charge in [0, 0.05) is 26.6 Å². The minimum atomic E-state index is -0.197. The number of rotatable bonds is 10. The van der Waals surface area contributed by atoms with Gasteiger partial charge in [-0.15, -0.1) is 0 Å². The smallest absolute Gasteiger partial charge is 0.309 e. The number of benzene rings is 1. The Labute approximate surface area is 189 Å². The maximum atomic E-state index is 12.6. The van der Waals surface area contributed by atoms with Gasteiger partial charge in [0.25, 0.3) is 0 Å². The summed E-state index contributed by atoms with van der Waals surface area (Å²) in [6.07, 6.45) is 1.83. The van der Waals surface area contributed by atoms with Gasteiger partial charge in [-0.1, -0.05) is 6.07 Å². The number of carbonyl (C=O) groups is 3. The van der Waals surface area contributed by atoms with Crippen molar-refractivity contribution in [1.29, 1.82) is 0 Å². The fraction of sp³-hybridized carbons (Fsp3) is 0.609. The zero-order chi connectivity index (χ0) is 23.7. The van der Waals surface area contributed by atoms with Crippen LogP contribution in [0.15, 0.2) is 12.1 Å². The van der Waals surface area contributed by atoms with Crippen molar-refractivity contribution in [3.63, 3.8) is 0 Å². The highest BCUT2D eigenvalue weighted by atomic mass is 16.5. The molecule has 1 fully saturated rings. The number of hydrogen-bond acceptors (Lipinski definition) is 7. The maximum absolute atomic E-state index is 12.6. The van der Waals surface area contributed by atoms with Gasteiger partial charge in [0.1, 0.15) is 0 Å². The molecule has 178 valence electrons. The number of carbonyl (C=O) groups excluding carboxylic acids is 3. The molecule has 1 saturated heterocycles. The molecule has 32 heavy (non-hydrogen) atoms. The van der Waals surface area contributed by atoms with Gasteiger partial charge in [-0.05, 0) is 37.8 Å². The van der Waals surface area contributed by atoms with E-state index in [1.54, 1.807) is 39.2 Å². The predicted octanol–water partition coefficient (Wildman–Crippen LogP) is 1.91. The highest BCUT2D eigenvalue weighted by Crippen LogP contribution is 2.40. The molecule has 0 unspecified atom stereocenters. The molecule has 0 aromatic heterocycles. The molecule has 0 bridgehead atoms. The van der Waals surface area contributed by atoms with E-state index in [1.807, 2.05) is 6.07 Å². The molecule has 0 aliphatic carbocycles. The second kappa shape index (κ2) is 12.2. The molecule has 0 spiro atoms. The van der Waals surface area contributed by atoms with Gasteiger partial charge in [0.2, 0.25) is 17.6 Å². The number of nitrogens with zero attached hydrogens (tertiary/aromatic N) is 2. The largest absolute Gasteiger partial charge is 0.493 e. The average Bonchev–Trinajstić information content (AvgIpc) is 2.81. The first kappa shape index (κ1) is 25.3. The quantitative estimate of drug-likeness (QED) is 0.503. The SMILES string of the molecule is CCOC(=O)C1CCN(C(=O)CN(C)C(=O)CCc2ccc(OC)c(OC)c2OC)CC1. The molecule has 9 nitrogen and oxygen atoms in total. The number of piperidine rings is 1. The van der Waals surface area contributed by atoms with Crippen LogP contribution in [0.4, 0.5) is 0 Å². The molecule has 9 heteroatoms. The Hall–Kier alpha value is -2.97. The minimum absolute atomic E-state index is 0.00593. The summed E-state index contributed by atoms with van der Waals surface area (Å²) in [7, 11) is 6.24. The van der Waals surface area contributed by atoms with Gasteiger partial charge in [0.05, 0.1) is 40.4 Å². The van der Waals surface area contributed by atoms with E-state index in [0.717, 1.165) is 5.56 Å². The normalized spacial score (nSPS) is 14.0. The molecule has 1 heterocycles. The first-order chi connectivity index (χ1) is 15.4. The third-order valence-corrected chi connectivity index (χ3v) is 5.66. The van der Waals surface area contributed by atoms with E-state index >= 15 is 0 Å². The van der Waals surface area contributed by atoms with Crippen LogP contribution in [0.1, 0.15) is 31.7 Å². The van der Waals surface area contributed by atoms with Gasteiger partial charge in [-0.2, -0.15) is 0 Å². The molecule has 1 aromatic rings. The summed E-state index contributed by atoms with van der Waals surface area (Å²) in [4.78, 5) is 40.2. The van der Waals surface area contributed by atoms with Gasteiger partial charge >= 0.3 is 5.97 Å². The van der Waals surface area contributed by atoms with E-state index in [0.29, 0.717) is 56.2 Å². The summed E-state index contributed by atoms with van der Waals surface area (Å²) < 4.78 is 21.2. The highest BCUT2D eigenvalue weighted by Gasteiger charge is 2.29. The number of amides is 2. The van der Waals surface area contributed by atoms with Crippen molar-refractivity contribution >= 4 is 17.8 Å². The topological polar surface area (TPSA) is 94.6 Å². The van der Waals surface area contributed by atoms with Crippen molar-refractivity contribution < 1.29 is 33.3 Å². The van der Waals surface area contributed by atoms with Crippen LogP contribution in [-0.4, -0.2) is 82.2 Å². The van der Waals surface area contributed by atoms with Crippen molar-refractivity contribution in [2.24, 2.45) is 5.92 Å². The van der Waals surface area contributed by atoms with Crippen LogP contribution in [0.25, 0.3) is 0 Å². The fourth-order valence-corrected chi connectivity index (χ4v) is 3.81. The van der Waals surface area contributed by atoms with Crippen molar-refractivity contribution in [2.75, 3.05) is 54.6 Å². The summed E-state index contributed by atoms with van der Waals surface area (Å²) in [6.45, 7) is 3.14. The molecular weight excluding hydrogens is 416 g/mol. The van der Waals surface area contributed by atoms with Crippen LogP contribution in [0.2, 0.25) is 0 Å². The number of likely N-dealkylation sites (N-methyl/N-ethyl adjacent to an activating group) is 1. The van der Waals surface area contributed by atoms with Crippen LogP contribution in [-0.2, 0) is 25.5 Å². The zero-order valence-corrected chi connectivity index (χ0v) is 19.6. The molecule has 2 amide bonds. The minimum Gasteiger partial charge on any atom is -0.493 e. The molecule has 1 aliphatic rings. The van der Waals surface area contributed by atoms with Crippen LogP contribution in [0.3, 0.4) is 0 Å². The summed E-state index contributed by atoms with van der Waals surface area (Å²) >= 11 is 0. The van der Waals surface area contributed by atoms with Crippen molar-refractivity contribution in [3.05, 3.63) is 17.7 Å². The Morgan fingerprint density at radius 3 is 2.25 bits per heavy atom. The number of likely N-dealkylation sites (tertiary alicyclic amines) is 1. The lowest BCUT2D eigenvalue weighted by Gasteiger charge is -2.32. The second-order valence-corrected chi connectivity index (χ2v) is 7.65. The van der Waals surface area contributed by atoms with Gasteiger partial charge in [-0.3, -0.25) is 14.4 Å². The first-order valence-electron chi connectivity index (χ1n) is 10.8. The van der Waals surface area contributed by atoms with Crippen LogP contribution >= 0.6 is 0 Å². The lowest BCUT2D eigenvalue weighted by atomic mass is 9.97. The third kappa shape index (κ3) is 6.27. The molecule has 0 N–H and O–H groups in total. The third-order valence-electron chi connectivity index (χ3n) is 5.66. The second-order valence-electron chi connectivity index (χ2n) is 7.65. The number of methoxy groups -OCH3 is 3. The summed E-state index contributed by atoms with van der Waals surface area (Å²) in [5, 5.41) is 0. The number of esters is 1. The van der Waals surface area contributed by atoms with Gasteiger partial charge in [0.15, 0.2) is 11.5 Å². The summed E-state index contributed by atoms with van der Waals surface area (Å²) in [5.41, 5.74) is 0.819. The Bertz CT molecular complexity index is 804. The number of hydrogen-bond donors (Lipinski definition) is 0. The van der Waals surface area contributed by atoms with Crippen LogP contribution in [0.5, 0.6) is 17.2 Å². The molecule has 1 aliphatic heterocycles. The van der Waals surface area contributed by atoms with Crippen molar-refractivity contribution in [2.45, 2.75) is 32.6 Å². The molecule has 2 rings (SSSR count).